The highest BCUT2D eigenvalue weighted by Gasteiger charge is 2.43. The van der Waals surface area contributed by atoms with Crippen LogP contribution in [0.3, 0.4) is 0 Å². The standard InChI is InChI=1S/C13H18O5S/c1-17-7-8-18-12-5-3-2-4-11(12)13(14)6-9-19(15,16)10-13/h2-5,14H,6-10H2,1H3. The number of para-hydroxylation sites is 1. The lowest BCUT2D eigenvalue weighted by atomic mass is 9.92. The van der Waals surface area contributed by atoms with E-state index in [1.54, 1.807) is 31.4 Å². The van der Waals surface area contributed by atoms with Gasteiger partial charge in [-0.1, -0.05) is 18.2 Å². The van der Waals surface area contributed by atoms with Gasteiger partial charge in [0, 0.05) is 12.7 Å². The molecule has 1 heterocycles. The van der Waals surface area contributed by atoms with E-state index in [9.17, 15) is 13.5 Å². The molecule has 0 aliphatic carbocycles. The molecular formula is C13H18O5S. The van der Waals surface area contributed by atoms with Gasteiger partial charge in [-0.2, -0.15) is 0 Å². The van der Waals surface area contributed by atoms with Crippen LogP contribution in [0.15, 0.2) is 24.3 Å². The van der Waals surface area contributed by atoms with Crippen LogP contribution in [0.1, 0.15) is 12.0 Å². The van der Waals surface area contributed by atoms with E-state index in [0.29, 0.717) is 24.5 Å². The fourth-order valence-corrected chi connectivity index (χ4v) is 4.08. The van der Waals surface area contributed by atoms with Crippen molar-refractivity contribution in [3.63, 3.8) is 0 Å². The van der Waals surface area contributed by atoms with Gasteiger partial charge < -0.3 is 14.6 Å². The molecule has 0 amide bonds. The van der Waals surface area contributed by atoms with Gasteiger partial charge in [0.2, 0.25) is 0 Å². The zero-order valence-corrected chi connectivity index (χ0v) is 11.6. The van der Waals surface area contributed by atoms with Crippen LogP contribution in [-0.4, -0.2) is 45.4 Å². The lowest BCUT2D eigenvalue weighted by Gasteiger charge is -2.24. The van der Waals surface area contributed by atoms with Crippen molar-refractivity contribution >= 4 is 9.84 Å². The first-order valence-electron chi connectivity index (χ1n) is 6.11. The molecule has 0 radical (unpaired) electrons. The fourth-order valence-electron chi connectivity index (χ4n) is 2.26. The summed E-state index contributed by atoms with van der Waals surface area (Å²) >= 11 is 0. The minimum atomic E-state index is -3.17. The second-order valence-corrected chi connectivity index (χ2v) is 6.90. The van der Waals surface area contributed by atoms with Gasteiger partial charge in [0.25, 0.3) is 0 Å². The molecule has 0 spiro atoms. The lowest BCUT2D eigenvalue weighted by molar-refractivity contribution is 0.0602. The predicted molar refractivity (Wildman–Crippen MR) is 71.0 cm³/mol. The molecule has 1 aromatic carbocycles. The Balaban J connectivity index is 2.24. The van der Waals surface area contributed by atoms with Crippen LogP contribution in [0.4, 0.5) is 0 Å². The van der Waals surface area contributed by atoms with Gasteiger partial charge in [-0.05, 0) is 12.5 Å². The minimum Gasteiger partial charge on any atom is -0.491 e. The quantitative estimate of drug-likeness (QED) is 0.807. The zero-order chi connectivity index (χ0) is 13.9. The maximum atomic E-state index is 11.6. The van der Waals surface area contributed by atoms with Crippen LogP contribution >= 0.6 is 0 Å². The van der Waals surface area contributed by atoms with Crippen molar-refractivity contribution in [1.29, 1.82) is 0 Å². The van der Waals surface area contributed by atoms with Gasteiger partial charge in [0.15, 0.2) is 9.84 Å². The number of rotatable bonds is 5. The Morgan fingerprint density at radius 1 is 1.32 bits per heavy atom. The average Bonchev–Trinajstić information content (AvgIpc) is 2.66. The highest BCUT2D eigenvalue weighted by molar-refractivity contribution is 7.91. The number of sulfone groups is 1. The third kappa shape index (κ3) is 3.26. The second kappa shape index (κ2) is 5.48. The Kier molecular flexibility index (Phi) is 4.13. The smallest absolute Gasteiger partial charge is 0.153 e. The monoisotopic (exact) mass is 286 g/mol. The van der Waals surface area contributed by atoms with Gasteiger partial charge in [-0.25, -0.2) is 8.42 Å². The summed E-state index contributed by atoms with van der Waals surface area (Å²) in [5.74, 6) is 0.278. The molecule has 19 heavy (non-hydrogen) atoms. The average molecular weight is 286 g/mol. The van der Waals surface area contributed by atoms with Crippen LogP contribution in [0.25, 0.3) is 0 Å². The van der Waals surface area contributed by atoms with E-state index in [4.69, 9.17) is 9.47 Å². The molecule has 1 aromatic rings. The summed E-state index contributed by atoms with van der Waals surface area (Å²) in [6, 6.07) is 7.00. The Morgan fingerprint density at radius 2 is 2.05 bits per heavy atom. The van der Waals surface area contributed by atoms with Crippen LogP contribution in [0.5, 0.6) is 5.75 Å². The van der Waals surface area contributed by atoms with Crippen molar-refractivity contribution in [3.8, 4) is 5.75 Å². The van der Waals surface area contributed by atoms with Crippen LogP contribution in [-0.2, 0) is 20.2 Å². The molecule has 0 bridgehead atoms. The molecule has 1 aliphatic rings. The number of ether oxygens (including phenoxy) is 2. The first kappa shape index (κ1) is 14.3. The maximum absolute atomic E-state index is 11.6. The summed E-state index contributed by atoms with van der Waals surface area (Å²) in [5.41, 5.74) is -0.810. The number of methoxy groups -OCH3 is 1. The molecule has 106 valence electrons. The SMILES string of the molecule is COCCOc1ccccc1C1(O)CCS(=O)(=O)C1. The Hall–Kier alpha value is -1.11. The predicted octanol–water partition coefficient (Wildman–Crippen LogP) is 0.718. The molecule has 1 fully saturated rings. The number of hydrogen-bond donors (Lipinski definition) is 1. The maximum Gasteiger partial charge on any atom is 0.153 e. The van der Waals surface area contributed by atoms with E-state index in [-0.39, 0.29) is 17.9 Å². The van der Waals surface area contributed by atoms with Crippen LogP contribution in [0.2, 0.25) is 0 Å². The molecule has 6 heteroatoms. The lowest BCUT2D eigenvalue weighted by Crippen LogP contribution is -2.27. The first-order chi connectivity index (χ1) is 8.97. The van der Waals surface area contributed by atoms with E-state index < -0.39 is 15.4 Å². The highest BCUT2D eigenvalue weighted by Crippen LogP contribution is 2.38. The van der Waals surface area contributed by atoms with Crippen molar-refractivity contribution in [2.75, 3.05) is 31.8 Å². The fraction of sp³-hybridized carbons (Fsp3) is 0.538. The number of aliphatic hydroxyl groups is 1. The van der Waals surface area contributed by atoms with E-state index in [0.717, 1.165) is 0 Å². The van der Waals surface area contributed by atoms with E-state index in [1.165, 1.54) is 0 Å². The first-order valence-corrected chi connectivity index (χ1v) is 7.93. The summed E-state index contributed by atoms with van der Waals surface area (Å²) < 4.78 is 33.6. The summed E-state index contributed by atoms with van der Waals surface area (Å²) in [7, 11) is -1.60. The van der Waals surface area contributed by atoms with Gasteiger partial charge in [-0.15, -0.1) is 0 Å². The topological polar surface area (TPSA) is 72.8 Å². The third-order valence-corrected chi connectivity index (χ3v) is 4.96. The van der Waals surface area contributed by atoms with Gasteiger partial charge in [0.05, 0.1) is 18.1 Å². The molecule has 2 rings (SSSR count). The summed E-state index contributed by atoms with van der Waals surface area (Å²) in [4.78, 5) is 0. The second-order valence-electron chi connectivity index (χ2n) is 4.71. The van der Waals surface area contributed by atoms with Gasteiger partial charge >= 0.3 is 0 Å². The number of hydrogen-bond acceptors (Lipinski definition) is 5. The Bertz CT molecular complexity index is 540. The largest absolute Gasteiger partial charge is 0.491 e. The molecule has 1 N–H and O–H groups in total. The van der Waals surface area contributed by atoms with Crippen molar-refractivity contribution in [2.45, 2.75) is 12.0 Å². The Labute approximate surface area is 113 Å². The molecule has 1 atom stereocenters. The number of benzene rings is 1. The molecular weight excluding hydrogens is 268 g/mol. The van der Waals surface area contributed by atoms with Crippen LogP contribution < -0.4 is 4.74 Å². The van der Waals surface area contributed by atoms with Crippen LogP contribution in [0, 0.1) is 0 Å². The molecule has 0 saturated carbocycles. The van der Waals surface area contributed by atoms with Gasteiger partial charge in [-0.3, -0.25) is 0 Å². The molecule has 1 unspecified atom stereocenters. The van der Waals surface area contributed by atoms with E-state index >= 15 is 0 Å². The minimum absolute atomic E-state index is 0.00983. The Morgan fingerprint density at radius 3 is 2.68 bits per heavy atom. The molecule has 1 aliphatic heterocycles. The molecule has 1 saturated heterocycles. The highest BCUT2D eigenvalue weighted by atomic mass is 32.2. The van der Waals surface area contributed by atoms with Crippen molar-refractivity contribution in [1.82, 2.24) is 0 Å². The summed E-state index contributed by atoms with van der Waals surface area (Å²) in [6.45, 7) is 0.793. The molecule has 0 aromatic heterocycles. The summed E-state index contributed by atoms with van der Waals surface area (Å²) in [5, 5.41) is 10.5. The zero-order valence-electron chi connectivity index (χ0n) is 10.8. The van der Waals surface area contributed by atoms with Crippen molar-refractivity contribution in [2.24, 2.45) is 0 Å². The van der Waals surface area contributed by atoms with Gasteiger partial charge in [0.1, 0.15) is 18.0 Å². The normalized spacial score (nSPS) is 25.4. The van der Waals surface area contributed by atoms with Crippen molar-refractivity contribution in [3.05, 3.63) is 29.8 Å². The van der Waals surface area contributed by atoms with E-state index in [1.807, 2.05) is 0 Å². The van der Waals surface area contributed by atoms with Crippen molar-refractivity contribution < 1.29 is 23.0 Å². The molecule has 5 nitrogen and oxygen atoms in total. The third-order valence-electron chi connectivity index (χ3n) is 3.22. The van der Waals surface area contributed by atoms with E-state index in [2.05, 4.69) is 0 Å². The summed E-state index contributed by atoms with van der Waals surface area (Å²) in [6.07, 6.45) is 0.208.